The molecule has 0 bridgehead atoms. The maximum Gasteiger partial charge on any atom is 0.340 e. The zero-order valence-corrected chi connectivity index (χ0v) is 12.7. The van der Waals surface area contributed by atoms with Crippen LogP contribution in [0.15, 0.2) is 30.5 Å². The lowest BCUT2D eigenvalue weighted by molar-refractivity contribution is 0.0527. The number of aromatic nitrogens is 1. The first kappa shape index (κ1) is 15.4. The molecule has 0 spiro atoms. The van der Waals surface area contributed by atoms with E-state index in [2.05, 4.69) is 10.3 Å². The Balaban J connectivity index is 2.31. The summed E-state index contributed by atoms with van der Waals surface area (Å²) < 4.78 is 4.94. The Morgan fingerprint density at radius 1 is 1.43 bits per heavy atom. The number of anilines is 3. The van der Waals surface area contributed by atoms with Crippen molar-refractivity contribution in [1.82, 2.24) is 4.98 Å². The molecule has 1 aromatic carbocycles. The third kappa shape index (κ3) is 3.56. The van der Waals surface area contributed by atoms with Crippen molar-refractivity contribution in [2.45, 2.75) is 6.92 Å². The monoisotopic (exact) mass is 325 g/mol. The van der Waals surface area contributed by atoms with Crippen LogP contribution >= 0.6 is 23.2 Å². The summed E-state index contributed by atoms with van der Waals surface area (Å²) in [7, 11) is 0. The first-order chi connectivity index (χ1) is 10.0. The van der Waals surface area contributed by atoms with Crippen molar-refractivity contribution in [3.05, 3.63) is 46.1 Å². The number of nitrogens with one attached hydrogen (secondary N) is 1. The molecule has 0 saturated carbocycles. The second-order valence-corrected chi connectivity index (χ2v) is 4.89. The summed E-state index contributed by atoms with van der Waals surface area (Å²) in [5.41, 5.74) is 6.80. The molecule has 0 radical (unpaired) electrons. The number of carbonyl (C=O) groups excluding carboxylic acids is 1. The van der Waals surface area contributed by atoms with Gasteiger partial charge in [0.25, 0.3) is 0 Å². The zero-order chi connectivity index (χ0) is 15.4. The van der Waals surface area contributed by atoms with Gasteiger partial charge < -0.3 is 15.8 Å². The Bertz CT molecular complexity index is 677. The van der Waals surface area contributed by atoms with Crippen LogP contribution in [0.1, 0.15) is 17.3 Å². The summed E-state index contributed by atoms with van der Waals surface area (Å²) in [5.74, 6) is -0.0888. The van der Waals surface area contributed by atoms with Gasteiger partial charge in [-0.3, -0.25) is 0 Å². The van der Waals surface area contributed by atoms with Gasteiger partial charge in [-0.25, -0.2) is 9.78 Å². The van der Waals surface area contributed by atoms with E-state index in [0.29, 0.717) is 21.6 Å². The van der Waals surface area contributed by atoms with Gasteiger partial charge in [-0.05, 0) is 25.1 Å². The standard InChI is InChI=1S/C14H13Cl2N3O2/c1-2-21-14(20)8-6-12(18-7-10(8)17)19-11-5-3-4-9(15)13(11)16/h3-7H,2,17H2,1H3,(H,18,19). The van der Waals surface area contributed by atoms with Crippen LogP contribution in [0.4, 0.5) is 17.2 Å². The number of pyridine rings is 1. The molecule has 0 aliphatic carbocycles. The Morgan fingerprint density at radius 3 is 2.90 bits per heavy atom. The highest BCUT2D eigenvalue weighted by molar-refractivity contribution is 6.43. The number of ether oxygens (including phenoxy) is 1. The van der Waals surface area contributed by atoms with Gasteiger partial charge in [-0.1, -0.05) is 29.3 Å². The molecule has 21 heavy (non-hydrogen) atoms. The van der Waals surface area contributed by atoms with Gasteiger partial charge in [0.1, 0.15) is 5.82 Å². The molecule has 0 saturated heterocycles. The van der Waals surface area contributed by atoms with Crippen LogP contribution in [0.5, 0.6) is 0 Å². The van der Waals surface area contributed by atoms with Crippen LogP contribution < -0.4 is 11.1 Å². The lowest BCUT2D eigenvalue weighted by Crippen LogP contribution is -2.09. The van der Waals surface area contributed by atoms with E-state index in [1.807, 2.05) is 0 Å². The second kappa shape index (κ2) is 6.65. The summed E-state index contributed by atoms with van der Waals surface area (Å²) in [5, 5.41) is 3.78. The predicted molar refractivity (Wildman–Crippen MR) is 84.4 cm³/mol. The van der Waals surface area contributed by atoms with E-state index >= 15 is 0 Å². The topological polar surface area (TPSA) is 77.2 Å². The fourth-order valence-corrected chi connectivity index (χ4v) is 2.01. The molecule has 0 unspecified atom stereocenters. The summed E-state index contributed by atoms with van der Waals surface area (Å²) in [4.78, 5) is 15.9. The fourth-order valence-electron chi connectivity index (χ4n) is 1.66. The normalized spacial score (nSPS) is 10.2. The average molecular weight is 326 g/mol. The number of hydrogen-bond donors (Lipinski definition) is 2. The molecule has 3 N–H and O–H groups in total. The van der Waals surface area contributed by atoms with Crippen LogP contribution in [0.2, 0.25) is 10.0 Å². The molecule has 2 rings (SSSR count). The number of halogens is 2. The maximum absolute atomic E-state index is 11.8. The molecule has 7 heteroatoms. The summed E-state index contributed by atoms with van der Waals surface area (Å²) in [6.45, 7) is 1.99. The molecule has 0 fully saturated rings. The number of benzene rings is 1. The summed E-state index contributed by atoms with van der Waals surface area (Å²) in [6, 6.07) is 6.68. The van der Waals surface area contributed by atoms with E-state index in [-0.39, 0.29) is 17.9 Å². The number of rotatable bonds is 4. The van der Waals surface area contributed by atoms with Crippen molar-refractivity contribution in [2.24, 2.45) is 0 Å². The molecular weight excluding hydrogens is 313 g/mol. The van der Waals surface area contributed by atoms with E-state index in [1.165, 1.54) is 12.3 Å². The minimum absolute atomic E-state index is 0.243. The Kier molecular flexibility index (Phi) is 4.88. The van der Waals surface area contributed by atoms with Crippen molar-refractivity contribution in [3.63, 3.8) is 0 Å². The zero-order valence-electron chi connectivity index (χ0n) is 11.2. The van der Waals surface area contributed by atoms with Crippen LogP contribution in [0.3, 0.4) is 0 Å². The van der Waals surface area contributed by atoms with Crippen LogP contribution in [-0.2, 0) is 4.74 Å². The molecule has 1 aromatic heterocycles. The van der Waals surface area contributed by atoms with Gasteiger partial charge in [0.2, 0.25) is 0 Å². The third-order valence-electron chi connectivity index (χ3n) is 2.64. The number of nitrogens with two attached hydrogens (primary N) is 1. The van der Waals surface area contributed by atoms with Gasteiger partial charge in [0, 0.05) is 0 Å². The molecule has 0 aliphatic rings. The third-order valence-corrected chi connectivity index (χ3v) is 3.46. The highest BCUT2D eigenvalue weighted by Crippen LogP contribution is 2.31. The van der Waals surface area contributed by atoms with E-state index in [4.69, 9.17) is 33.7 Å². The largest absolute Gasteiger partial charge is 0.462 e. The van der Waals surface area contributed by atoms with E-state index in [9.17, 15) is 4.79 Å². The first-order valence-corrected chi connectivity index (χ1v) is 6.92. The number of carbonyl (C=O) groups is 1. The number of hydrogen-bond acceptors (Lipinski definition) is 5. The molecule has 5 nitrogen and oxygen atoms in total. The van der Waals surface area contributed by atoms with Gasteiger partial charge in [0.05, 0.1) is 39.8 Å². The predicted octanol–water partition coefficient (Wildman–Crippen LogP) is 3.89. The van der Waals surface area contributed by atoms with Gasteiger partial charge in [0.15, 0.2) is 0 Å². The first-order valence-electron chi connectivity index (χ1n) is 6.16. The van der Waals surface area contributed by atoms with Crippen LogP contribution in [0, 0.1) is 0 Å². The summed E-state index contributed by atoms with van der Waals surface area (Å²) >= 11 is 12.0. The number of nitrogen functional groups attached to an aromatic ring is 1. The molecule has 110 valence electrons. The minimum atomic E-state index is -0.502. The van der Waals surface area contributed by atoms with E-state index in [1.54, 1.807) is 25.1 Å². The Morgan fingerprint density at radius 2 is 2.19 bits per heavy atom. The lowest BCUT2D eigenvalue weighted by Gasteiger charge is -2.11. The van der Waals surface area contributed by atoms with E-state index in [0.717, 1.165) is 0 Å². The minimum Gasteiger partial charge on any atom is -0.462 e. The average Bonchev–Trinajstić information content (AvgIpc) is 2.46. The number of nitrogens with zero attached hydrogens (tertiary/aromatic N) is 1. The molecule has 1 heterocycles. The Hall–Kier alpha value is -1.98. The highest BCUT2D eigenvalue weighted by Gasteiger charge is 2.13. The molecule has 2 aromatic rings. The van der Waals surface area contributed by atoms with Gasteiger partial charge in [-0.2, -0.15) is 0 Å². The van der Waals surface area contributed by atoms with Gasteiger partial charge in [-0.15, -0.1) is 0 Å². The molecule has 0 atom stereocenters. The SMILES string of the molecule is CCOC(=O)c1cc(Nc2cccc(Cl)c2Cl)ncc1N. The highest BCUT2D eigenvalue weighted by atomic mass is 35.5. The molecule has 0 amide bonds. The summed E-state index contributed by atoms with van der Waals surface area (Å²) in [6.07, 6.45) is 1.38. The second-order valence-electron chi connectivity index (χ2n) is 4.10. The van der Waals surface area contributed by atoms with E-state index < -0.39 is 5.97 Å². The van der Waals surface area contributed by atoms with Crippen LogP contribution in [-0.4, -0.2) is 17.6 Å². The molecule has 0 aliphatic heterocycles. The van der Waals surface area contributed by atoms with Gasteiger partial charge >= 0.3 is 5.97 Å². The fraction of sp³-hybridized carbons (Fsp3) is 0.143. The van der Waals surface area contributed by atoms with Crippen molar-refractivity contribution in [3.8, 4) is 0 Å². The lowest BCUT2D eigenvalue weighted by atomic mass is 10.2. The van der Waals surface area contributed by atoms with Crippen molar-refractivity contribution >= 4 is 46.4 Å². The van der Waals surface area contributed by atoms with Crippen molar-refractivity contribution in [2.75, 3.05) is 17.7 Å². The Labute approximate surface area is 132 Å². The molecular formula is C14H13Cl2N3O2. The van der Waals surface area contributed by atoms with Crippen molar-refractivity contribution in [1.29, 1.82) is 0 Å². The van der Waals surface area contributed by atoms with Crippen molar-refractivity contribution < 1.29 is 9.53 Å². The maximum atomic E-state index is 11.8. The van der Waals surface area contributed by atoms with Crippen LogP contribution in [0.25, 0.3) is 0 Å². The number of esters is 1. The quantitative estimate of drug-likeness (QED) is 0.834. The smallest absolute Gasteiger partial charge is 0.340 e.